The van der Waals surface area contributed by atoms with Crippen molar-refractivity contribution in [3.8, 4) is 11.5 Å². The van der Waals surface area contributed by atoms with Gasteiger partial charge in [0.1, 0.15) is 30.5 Å². The third kappa shape index (κ3) is 4.72. The lowest BCUT2D eigenvalue weighted by Gasteiger charge is -2.11. The third-order valence-electron chi connectivity index (χ3n) is 2.90. The SMILES string of the molecule is C[C@H](N)c1ccc(OCCOc2ccc(Br)cc2)cc1F. The number of hydrogen-bond donors (Lipinski definition) is 1. The fraction of sp³-hybridized carbons (Fsp3) is 0.250. The zero-order valence-corrected chi connectivity index (χ0v) is 13.3. The molecule has 3 nitrogen and oxygen atoms in total. The van der Waals surface area contributed by atoms with E-state index in [2.05, 4.69) is 15.9 Å². The molecule has 2 N–H and O–H groups in total. The average molecular weight is 354 g/mol. The normalized spacial score (nSPS) is 12.0. The Kier molecular flexibility index (Phi) is 5.59. The van der Waals surface area contributed by atoms with E-state index in [1.165, 1.54) is 6.07 Å². The Bertz CT molecular complexity index is 587. The van der Waals surface area contributed by atoms with Gasteiger partial charge in [-0.05, 0) is 37.3 Å². The van der Waals surface area contributed by atoms with Crippen LogP contribution in [-0.2, 0) is 0 Å². The van der Waals surface area contributed by atoms with Crippen LogP contribution in [0.1, 0.15) is 18.5 Å². The van der Waals surface area contributed by atoms with E-state index in [1.54, 1.807) is 19.1 Å². The molecule has 0 fully saturated rings. The molecule has 0 aliphatic carbocycles. The molecule has 0 aromatic heterocycles. The lowest BCUT2D eigenvalue weighted by atomic mass is 10.1. The molecule has 2 aromatic rings. The second-order valence-electron chi connectivity index (χ2n) is 4.62. The summed E-state index contributed by atoms with van der Waals surface area (Å²) in [4.78, 5) is 0. The van der Waals surface area contributed by atoms with Crippen LogP contribution < -0.4 is 15.2 Å². The summed E-state index contributed by atoms with van der Waals surface area (Å²) in [5, 5.41) is 0. The summed E-state index contributed by atoms with van der Waals surface area (Å²) in [5.74, 6) is 0.882. The Labute approximate surface area is 132 Å². The van der Waals surface area contributed by atoms with E-state index < -0.39 is 0 Å². The van der Waals surface area contributed by atoms with Crippen molar-refractivity contribution in [3.63, 3.8) is 0 Å². The van der Waals surface area contributed by atoms with E-state index in [9.17, 15) is 4.39 Å². The number of hydrogen-bond acceptors (Lipinski definition) is 3. The first-order valence-corrected chi connectivity index (χ1v) is 7.42. The Morgan fingerprint density at radius 3 is 2.19 bits per heavy atom. The maximum Gasteiger partial charge on any atom is 0.131 e. The van der Waals surface area contributed by atoms with Crippen molar-refractivity contribution in [3.05, 3.63) is 58.3 Å². The summed E-state index contributed by atoms with van der Waals surface area (Å²) in [6.07, 6.45) is 0. The van der Waals surface area contributed by atoms with E-state index in [1.807, 2.05) is 24.3 Å². The van der Waals surface area contributed by atoms with Gasteiger partial charge in [-0.15, -0.1) is 0 Å². The number of rotatable bonds is 6. The predicted molar refractivity (Wildman–Crippen MR) is 84.1 cm³/mol. The summed E-state index contributed by atoms with van der Waals surface area (Å²) in [6, 6.07) is 11.9. The molecule has 0 bridgehead atoms. The molecule has 0 heterocycles. The Hall–Kier alpha value is -1.59. The van der Waals surface area contributed by atoms with Gasteiger partial charge in [0, 0.05) is 22.1 Å². The van der Waals surface area contributed by atoms with Crippen LogP contribution in [0.3, 0.4) is 0 Å². The van der Waals surface area contributed by atoms with Gasteiger partial charge in [0.15, 0.2) is 0 Å². The van der Waals surface area contributed by atoms with Crippen LogP contribution in [0.4, 0.5) is 4.39 Å². The summed E-state index contributed by atoms with van der Waals surface area (Å²) in [7, 11) is 0. The van der Waals surface area contributed by atoms with Crippen molar-refractivity contribution in [2.24, 2.45) is 5.73 Å². The smallest absolute Gasteiger partial charge is 0.131 e. The molecule has 0 saturated carbocycles. The lowest BCUT2D eigenvalue weighted by Crippen LogP contribution is -2.10. The topological polar surface area (TPSA) is 44.5 Å². The Morgan fingerprint density at radius 1 is 1.05 bits per heavy atom. The quantitative estimate of drug-likeness (QED) is 0.796. The van der Waals surface area contributed by atoms with Gasteiger partial charge < -0.3 is 15.2 Å². The van der Waals surface area contributed by atoms with Crippen LogP contribution in [0.2, 0.25) is 0 Å². The average Bonchev–Trinajstić information content (AvgIpc) is 2.45. The van der Waals surface area contributed by atoms with Crippen molar-refractivity contribution >= 4 is 15.9 Å². The highest BCUT2D eigenvalue weighted by Gasteiger charge is 2.08. The highest BCUT2D eigenvalue weighted by atomic mass is 79.9. The lowest BCUT2D eigenvalue weighted by molar-refractivity contribution is 0.216. The van der Waals surface area contributed by atoms with E-state index in [0.29, 0.717) is 24.5 Å². The van der Waals surface area contributed by atoms with Crippen LogP contribution in [0, 0.1) is 5.82 Å². The second kappa shape index (κ2) is 7.43. The van der Waals surface area contributed by atoms with Crippen LogP contribution >= 0.6 is 15.9 Å². The minimum absolute atomic E-state index is 0.334. The zero-order valence-electron chi connectivity index (χ0n) is 11.7. The van der Waals surface area contributed by atoms with Crippen LogP contribution in [0.15, 0.2) is 46.9 Å². The largest absolute Gasteiger partial charge is 0.490 e. The molecule has 1 atom stereocenters. The standard InChI is InChI=1S/C16H17BrFNO2/c1-11(19)15-7-6-14(10-16(15)18)21-9-8-20-13-4-2-12(17)3-5-13/h2-7,10-11H,8-9,19H2,1H3/t11-/m0/s1. The molecule has 0 aliphatic heterocycles. The highest BCUT2D eigenvalue weighted by Crippen LogP contribution is 2.20. The van der Waals surface area contributed by atoms with Crippen molar-refractivity contribution < 1.29 is 13.9 Å². The highest BCUT2D eigenvalue weighted by molar-refractivity contribution is 9.10. The molecule has 0 saturated heterocycles. The van der Waals surface area contributed by atoms with Crippen molar-refractivity contribution in [2.45, 2.75) is 13.0 Å². The van der Waals surface area contributed by atoms with Gasteiger partial charge in [-0.3, -0.25) is 0 Å². The predicted octanol–water partition coefficient (Wildman–Crippen LogP) is 4.07. The number of nitrogens with two attached hydrogens (primary N) is 1. The van der Waals surface area contributed by atoms with E-state index in [4.69, 9.17) is 15.2 Å². The molecule has 0 unspecified atom stereocenters. The monoisotopic (exact) mass is 353 g/mol. The third-order valence-corrected chi connectivity index (χ3v) is 3.43. The van der Waals surface area contributed by atoms with Crippen molar-refractivity contribution in [1.29, 1.82) is 0 Å². The number of halogens is 2. The summed E-state index contributed by atoms with van der Waals surface area (Å²) in [6.45, 7) is 2.47. The molecule has 0 radical (unpaired) electrons. The first-order valence-electron chi connectivity index (χ1n) is 6.62. The van der Waals surface area contributed by atoms with Crippen molar-refractivity contribution in [1.82, 2.24) is 0 Å². The summed E-state index contributed by atoms with van der Waals surface area (Å²) >= 11 is 3.36. The molecule has 5 heteroatoms. The fourth-order valence-electron chi connectivity index (χ4n) is 1.82. The van der Waals surface area contributed by atoms with Gasteiger partial charge in [-0.2, -0.15) is 0 Å². The van der Waals surface area contributed by atoms with Crippen LogP contribution in [-0.4, -0.2) is 13.2 Å². The Morgan fingerprint density at radius 2 is 1.62 bits per heavy atom. The maximum atomic E-state index is 13.7. The zero-order chi connectivity index (χ0) is 15.2. The molecular weight excluding hydrogens is 337 g/mol. The van der Waals surface area contributed by atoms with E-state index in [0.717, 1.165) is 10.2 Å². The van der Waals surface area contributed by atoms with Gasteiger partial charge in [-0.25, -0.2) is 4.39 Å². The van der Waals surface area contributed by atoms with Gasteiger partial charge >= 0.3 is 0 Å². The van der Waals surface area contributed by atoms with E-state index >= 15 is 0 Å². The molecule has 0 aliphatic rings. The first kappa shape index (κ1) is 15.8. The Balaban J connectivity index is 1.81. The van der Waals surface area contributed by atoms with Crippen LogP contribution in [0.5, 0.6) is 11.5 Å². The number of benzene rings is 2. The molecule has 0 spiro atoms. The first-order chi connectivity index (χ1) is 10.1. The van der Waals surface area contributed by atoms with Gasteiger partial charge in [0.05, 0.1) is 0 Å². The summed E-state index contributed by atoms with van der Waals surface area (Å²) < 4.78 is 25.7. The molecule has 0 amide bonds. The summed E-state index contributed by atoms with van der Waals surface area (Å²) in [5.41, 5.74) is 6.14. The van der Waals surface area contributed by atoms with Gasteiger partial charge in [0.25, 0.3) is 0 Å². The maximum absolute atomic E-state index is 13.7. The minimum atomic E-state index is -0.351. The minimum Gasteiger partial charge on any atom is -0.490 e. The van der Waals surface area contributed by atoms with Crippen molar-refractivity contribution in [2.75, 3.05) is 13.2 Å². The molecule has 2 rings (SSSR count). The molecule has 112 valence electrons. The molecular formula is C16H17BrFNO2. The van der Waals surface area contributed by atoms with E-state index in [-0.39, 0.29) is 11.9 Å². The number of ether oxygens (including phenoxy) is 2. The van der Waals surface area contributed by atoms with Crippen LogP contribution in [0.25, 0.3) is 0 Å². The van der Waals surface area contributed by atoms with Gasteiger partial charge in [-0.1, -0.05) is 22.0 Å². The molecule has 21 heavy (non-hydrogen) atoms. The molecule has 2 aromatic carbocycles. The second-order valence-corrected chi connectivity index (χ2v) is 5.54. The van der Waals surface area contributed by atoms with Gasteiger partial charge in [0.2, 0.25) is 0 Å². The fourth-order valence-corrected chi connectivity index (χ4v) is 2.08.